The highest BCUT2D eigenvalue weighted by Gasteiger charge is 2.32. The second-order valence-electron chi connectivity index (χ2n) is 4.93. The monoisotopic (exact) mass is 255 g/mol. The summed E-state index contributed by atoms with van der Waals surface area (Å²) in [7, 11) is 1.88. The van der Waals surface area contributed by atoms with Crippen LogP contribution < -0.4 is 5.32 Å². The molecule has 1 N–H and O–H groups in total. The quantitative estimate of drug-likeness (QED) is 0.776. The smallest absolute Gasteiger partial charge is 0.129 e. The highest BCUT2D eigenvalue weighted by Crippen LogP contribution is 2.35. The lowest BCUT2D eigenvalue weighted by Crippen LogP contribution is -2.37. The molecule has 0 atom stereocenters. The molecule has 1 aromatic rings. The molecular formula is C15H23F2N. The first-order valence-corrected chi connectivity index (χ1v) is 6.69. The van der Waals surface area contributed by atoms with Crippen molar-refractivity contribution in [3.63, 3.8) is 0 Å². The zero-order chi connectivity index (χ0) is 13.6. The molecule has 0 spiro atoms. The topological polar surface area (TPSA) is 12.0 Å². The summed E-state index contributed by atoms with van der Waals surface area (Å²) in [6, 6.07) is 3.95. The summed E-state index contributed by atoms with van der Waals surface area (Å²) in [5.41, 5.74) is 0.415. The largest absolute Gasteiger partial charge is 0.319 e. The maximum atomic E-state index is 14.0. The molecule has 0 aliphatic rings. The van der Waals surface area contributed by atoms with Gasteiger partial charge in [-0.25, -0.2) is 8.78 Å². The molecule has 0 unspecified atom stereocenters. The van der Waals surface area contributed by atoms with Crippen molar-refractivity contribution in [1.82, 2.24) is 5.32 Å². The minimum atomic E-state index is -0.511. The van der Waals surface area contributed by atoms with Gasteiger partial charge in [0.25, 0.3) is 0 Å². The average molecular weight is 255 g/mol. The minimum absolute atomic E-state index is 0.226. The number of benzene rings is 1. The summed E-state index contributed by atoms with van der Waals surface area (Å²) in [6.07, 6.45) is 3.78. The Labute approximate surface area is 109 Å². The molecule has 0 aliphatic carbocycles. The van der Waals surface area contributed by atoms with Gasteiger partial charge in [-0.15, -0.1) is 0 Å². The van der Waals surface area contributed by atoms with Crippen molar-refractivity contribution in [2.75, 3.05) is 13.6 Å². The summed E-state index contributed by atoms with van der Waals surface area (Å²) in [4.78, 5) is 0. The van der Waals surface area contributed by atoms with Crippen LogP contribution >= 0.6 is 0 Å². The van der Waals surface area contributed by atoms with E-state index in [0.717, 1.165) is 38.3 Å². The van der Waals surface area contributed by atoms with Gasteiger partial charge in [-0.1, -0.05) is 32.8 Å². The molecule has 102 valence electrons. The fraction of sp³-hybridized carbons (Fsp3) is 0.600. The first kappa shape index (κ1) is 15.1. The van der Waals surface area contributed by atoms with Crippen LogP contribution in [0.3, 0.4) is 0 Å². The van der Waals surface area contributed by atoms with E-state index < -0.39 is 11.6 Å². The lowest BCUT2D eigenvalue weighted by molar-refractivity contribution is 0.331. The van der Waals surface area contributed by atoms with E-state index in [0.29, 0.717) is 5.56 Å². The van der Waals surface area contributed by atoms with Crippen LogP contribution in [0.15, 0.2) is 18.2 Å². The van der Waals surface area contributed by atoms with E-state index in [9.17, 15) is 8.78 Å². The van der Waals surface area contributed by atoms with Gasteiger partial charge < -0.3 is 5.32 Å². The van der Waals surface area contributed by atoms with Gasteiger partial charge in [0.15, 0.2) is 0 Å². The third-order valence-electron chi connectivity index (χ3n) is 3.47. The molecule has 0 aliphatic heterocycles. The molecule has 0 saturated carbocycles. The molecule has 0 fully saturated rings. The van der Waals surface area contributed by atoms with Crippen molar-refractivity contribution in [2.24, 2.45) is 0 Å². The van der Waals surface area contributed by atoms with Gasteiger partial charge in [-0.2, -0.15) is 0 Å². The second-order valence-corrected chi connectivity index (χ2v) is 4.93. The van der Waals surface area contributed by atoms with Crippen LogP contribution in [-0.4, -0.2) is 13.6 Å². The number of hydrogen-bond acceptors (Lipinski definition) is 1. The lowest BCUT2D eigenvalue weighted by Gasteiger charge is -2.34. The number of rotatable bonds is 7. The molecule has 0 aromatic heterocycles. The number of halogens is 2. The first-order chi connectivity index (χ1) is 8.59. The normalized spacial score (nSPS) is 11.8. The highest BCUT2D eigenvalue weighted by atomic mass is 19.1. The molecular weight excluding hydrogens is 232 g/mol. The van der Waals surface area contributed by atoms with Crippen molar-refractivity contribution in [3.05, 3.63) is 35.4 Å². The standard InChI is InChI=1S/C15H23F2N/c1-4-8-15(9-5-2,11-18-3)13-7-6-12(16)10-14(13)17/h6-7,10,18H,4-5,8-9,11H2,1-3H3. The Morgan fingerprint density at radius 3 is 2.17 bits per heavy atom. The molecule has 18 heavy (non-hydrogen) atoms. The van der Waals surface area contributed by atoms with Gasteiger partial charge in [0, 0.05) is 18.0 Å². The van der Waals surface area contributed by atoms with Crippen LogP contribution in [-0.2, 0) is 5.41 Å². The van der Waals surface area contributed by atoms with Crippen LogP contribution in [0.25, 0.3) is 0 Å². The Balaban J connectivity index is 3.21. The molecule has 3 heteroatoms. The van der Waals surface area contributed by atoms with Crippen molar-refractivity contribution in [3.8, 4) is 0 Å². The van der Waals surface area contributed by atoms with Gasteiger partial charge in [0.1, 0.15) is 11.6 Å². The predicted molar refractivity (Wildman–Crippen MR) is 71.8 cm³/mol. The average Bonchev–Trinajstić information content (AvgIpc) is 2.29. The molecule has 0 heterocycles. The Bertz CT molecular complexity index is 360. The Morgan fingerprint density at radius 2 is 1.72 bits per heavy atom. The summed E-state index contributed by atoms with van der Waals surface area (Å²) in [5.74, 6) is -0.935. The Kier molecular flexibility index (Phi) is 5.73. The van der Waals surface area contributed by atoms with Gasteiger partial charge in [0.05, 0.1) is 0 Å². The van der Waals surface area contributed by atoms with E-state index in [1.165, 1.54) is 6.07 Å². The van der Waals surface area contributed by atoms with Gasteiger partial charge in [0.2, 0.25) is 0 Å². The molecule has 0 amide bonds. The molecule has 1 rings (SSSR count). The van der Waals surface area contributed by atoms with Crippen LogP contribution in [0.1, 0.15) is 45.1 Å². The van der Waals surface area contributed by atoms with Crippen molar-refractivity contribution in [2.45, 2.75) is 44.9 Å². The van der Waals surface area contributed by atoms with E-state index in [1.54, 1.807) is 6.07 Å². The van der Waals surface area contributed by atoms with Gasteiger partial charge >= 0.3 is 0 Å². The maximum Gasteiger partial charge on any atom is 0.129 e. The number of nitrogens with one attached hydrogen (secondary N) is 1. The second kappa shape index (κ2) is 6.83. The van der Waals surface area contributed by atoms with Crippen LogP contribution in [0.4, 0.5) is 8.78 Å². The van der Waals surface area contributed by atoms with E-state index in [2.05, 4.69) is 19.2 Å². The van der Waals surface area contributed by atoms with E-state index in [1.807, 2.05) is 7.05 Å². The highest BCUT2D eigenvalue weighted by molar-refractivity contribution is 5.28. The van der Waals surface area contributed by atoms with Crippen molar-refractivity contribution >= 4 is 0 Å². The van der Waals surface area contributed by atoms with Crippen LogP contribution in [0, 0.1) is 11.6 Å². The Morgan fingerprint density at radius 1 is 1.11 bits per heavy atom. The SMILES string of the molecule is CCCC(CCC)(CNC)c1ccc(F)cc1F. The van der Waals surface area contributed by atoms with Crippen LogP contribution in [0.5, 0.6) is 0 Å². The zero-order valence-corrected chi connectivity index (χ0v) is 11.5. The summed E-state index contributed by atoms with van der Waals surface area (Å²) >= 11 is 0. The summed E-state index contributed by atoms with van der Waals surface area (Å²) < 4.78 is 27.1. The molecule has 1 aromatic carbocycles. The van der Waals surface area contributed by atoms with E-state index in [4.69, 9.17) is 0 Å². The summed E-state index contributed by atoms with van der Waals surface area (Å²) in [6.45, 7) is 4.92. The van der Waals surface area contributed by atoms with Gasteiger partial charge in [-0.05, 0) is 31.5 Å². The fourth-order valence-electron chi connectivity index (χ4n) is 2.88. The maximum absolute atomic E-state index is 14.0. The van der Waals surface area contributed by atoms with E-state index >= 15 is 0 Å². The predicted octanol–water partition coefficient (Wildman–Crippen LogP) is 4.02. The van der Waals surface area contributed by atoms with Crippen molar-refractivity contribution in [1.29, 1.82) is 0 Å². The van der Waals surface area contributed by atoms with E-state index in [-0.39, 0.29) is 5.41 Å². The van der Waals surface area contributed by atoms with Crippen LogP contribution in [0.2, 0.25) is 0 Å². The fourth-order valence-corrected chi connectivity index (χ4v) is 2.88. The minimum Gasteiger partial charge on any atom is -0.319 e. The zero-order valence-electron chi connectivity index (χ0n) is 11.5. The number of hydrogen-bond donors (Lipinski definition) is 1. The number of likely N-dealkylation sites (N-methyl/N-ethyl adjacent to an activating group) is 1. The first-order valence-electron chi connectivity index (χ1n) is 6.69. The Hall–Kier alpha value is -0.960. The lowest BCUT2D eigenvalue weighted by atomic mass is 9.73. The van der Waals surface area contributed by atoms with Gasteiger partial charge in [-0.3, -0.25) is 0 Å². The molecule has 0 bridgehead atoms. The molecule has 1 nitrogen and oxygen atoms in total. The third-order valence-corrected chi connectivity index (χ3v) is 3.47. The molecule has 0 radical (unpaired) electrons. The molecule has 0 saturated heterocycles. The third kappa shape index (κ3) is 3.29. The summed E-state index contributed by atoms with van der Waals surface area (Å²) in [5, 5.41) is 3.16. The van der Waals surface area contributed by atoms with Crippen molar-refractivity contribution < 1.29 is 8.78 Å².